The number of methoxy groups -OCH3 is 1. The first-order valence-electron chi connectivity index (χ1n) is 7.83. The molecule has 1 N–H and O–H groups in total. The summed E-state index contributed by atoms with van der Waals surface area (Å²) < 4.78 is 10.0. The summed E-state index contributed by atoms with van der Waals surface area (Å²) in [6.45, 7) is 3.62. The van der Waals surface area contributed by atoms with Gasteiger partial charge in [0, 0.05) is 25.8 Å². The van der Waals surface area contributed by atoms with Gasteiger partial charge in [-0.3, -0.25) is 0 Å². The lowest BCUT2D eigenvalue weighted by Gasteiger charge is -2.26. The number of ether oxygens (including phenoxy) is 2. The van der Waals surface area contributed by atoms with Gasteiger partial charge in [0.15, 0.2) is 0 Å². The van der Waals surface area contributed by atoms with Crippen molar-refractivity contribution in [2.75, 3.05) is 43.6 Å². The molecule has 0 saturated carbocycles. The largest absolute Gasteiger partial charge is 0.465 e. The van der Waals surface area contributed by atoms with E-state index >= 15 is 0 Å². The van der Waals surface area contributed by atoms with Crippen molar-refractivity contribution in [3.8, 4) is 0 Å². The van der Waals surface area contributed by atoms with Crippen LogP contribution in [0.4, 0.5) is 11.8 Å². The molecule has 24 heavy (non-hydrogen) atoms. The Balaban J connectivity index is 1.61. The van der Waals surface area contributed by atoms with E-state index in [2.05, 4.69) is 20.2 Å². The molecule has 2 aromatic rings. The number of hydrogen-bond acceptors (Lipinski definition) is 7. The lowest BCUT2D eigenvalue weighted by molar-refractivity contribution is 0.0600. The maximum absolute atomic E-state index is 11.4. The highest BCUT2D eigenvalue weighted by atomic mass is 16.5. The number of carbonyl (C=O) groups excluding carboxylic acids is 1. The fourth-order valence-corrected chi connectivity index (χ4v) is 2.43. The quantitative estimate of drug-likeness (QED) is 0.837. The van der Waals surface area contributed by atoms with Crippen molar-refractivity contribution in [3.63, 3.8) is 0 Å². The number of esters is 1. The maximum Gasteiger partial charge on any atom is 0.337 e. The molecule has 0 spiro atoms. The third kappa shape index (κ3) is 3.99. The number of nitrogens with one attached hydrogen (secondary N) is 1. The van der Waals surface area contributed by atoms with Gasteiger partial charge in [-0.25, -0.2) is 9.78 Å². The van der Waals surface area contributed by atoms with Gasteiger partial charge in [-0.15, -0.1) is 0 Å². The van der Waals surface area contributed by atoms with Gasteiger partial charge in [0.1, 0.15) is 5.82 Å². The second-order valence-corrected chi connectivity index (χ2v) is 5.38. The van der Waals surface area contributed by atoms with Gasteiger partial charge in [-0.2, -0.15) is 4.98 Å². The average Bonchev–Trinajstić information content (AvgIpc) is 2.67. The molecule has 2 heterocycles. The lowest BCUT2D eigenvalue weighted by atomic mass is 10.1. The molecule has 126 valence electrons. The third-order valence-corrected chi connectivity index (χ3v) is 3.79. The van der Waals surface area contributed by atoms with Gasteiger partial charge < -0.3 is 19.7 Å². The molecule has 1 aromatic carbocycles. The van der Waals surface area contributed by atoms with Crippen molar-refractivity contribution in [1.29, 1.82) is 0 Å². The van der Waals surface area contributed by atoms with Gasteiger partial charge in [0.25, 0.3) is 0 Å². The standard InChI is InChI=1S/C17H20N4O3/c1-23-16(22)14-4-2-13(3-5-14)12-19-15-6-7-18-17(20-15)21-8-10-24-11-9-21/h2-7H,8-12H2,1H3,(H,18,19,20). The van der Waals surface area contributed by atoms with E-state index in [9.17, 15) is 4.79 Å². The van der Waals surface area contributed by atoms with Crippen LogP contribution in [0.3, 0.4) is 0 Å². The van der Waals surface area contributed by atoms with E-state index in [1.807, 2.05) is 18.2 Å². The highest BCUT2D eigenvalue weighted by molar-refractivity contribution is 5.89. The fourth-order valence-electron chi connectivity index (χ4n) is 2.43. The van der Waals surface area contributed by atoms with Crippen LogP contribution in [0.1, 0.15) is 15.9 Å². The molecule has 0 atom stereocenters. The normalized spacial score (nSPS) is 14.3. The Kier molecular flexibility index (Phi) is 5.22. The zero-order valence-corrected chi connectivity index (χ0v) is 13.6. The van der Waals surface area contributed by atoms with E-state index < -0.39 is 0 Å². The minimum Gasteiger partial charge on any atom is -0.465 e. The summed E-state index contributed by atoms with van der Waals surface area (Å²) in [4.78, 5) is 22.4. The van der Waals surface area contributed by atoms with Gasteiger partial charge in [-0.1, -0.05) is 12.1 Å². The molecule has 7 heteroatoms. The highest BCUT2D eigenvalue weighted by Gasteiger charge is 2.13. The Bertz CT molecular complexity index is 684. The minimum atomic E-state index is -0.333. The lowest BCUT2D eigenvalue weighted by Crippen LogP contribution is -2.37. The van der Waals surface area contributed by atoms with Crippen LogP contribution < -0.4 is 10.2 Å². The molecule has 1 fully saturated rings. The van der Waals surface area contributed by atoms with Crippen molar-refractivity contribution >= 4 is 17.7 Å². The van der Waals surface area contributed by atoms with Crippen molar-refractivity contribution in [2.24, 2.45) is 0 Å². The van der Waals surface area contributed by atoms with E-state index in [1.54, 1.807) is 18.3 Å². The van der Waals surface area contributed by atoms with Crippen molar-refractivity contribution in [3.05, 3.63) is 47.7 Å². The van der Waals surface area contributed by atoms with Crippen LogP contribution in [0.25, 0.3) is 0 Å². The van der Waals surface area contributed by atoms with Crippen molar-refractivity contribution < 1.29 is 14.3 Å². The maximum atomic E-state index is 11.4. The van der Waals surface area contributed by atoms with E-state index in [1.165, 1.54) is 7.11 Å². The number of morpholine rings is 1. The zero-order valence-electron chi connectivity index (χ0n) is 13.6. The molecule has 1 aliphatic rings. The number of benzene rings is 1. The summed E-state index contributed by atoms with van der Waals surface area (Å²) >= 11 is 0. The van der Waals surface area contributed by atoms with Crippen molar-refractivity contribution in [2.45, 2.75) is 6.54 Å². The smallest absolute Gasteiger partial charge is 0.337 e. The molecule has 0 radical (unpaired) electrons. The molecule has 0 aliphatic carbocycles. The van der Waals surface area contributed by atoms with Crippen molar-refractivity contribution in [1.82, 2.24) is 9.97 Å². The molecule has 1 saturated heterocycles. The molecule has 0 unspecified atom stereocenters. The second kappa shape index (κ2) is 7.74. The second-order valence-electron chi connectivity index (χ2n) is 5.38. The number of rotatable bonds is 5. The Morgan fingerprint density at radius 1 is 1.25 bits per heavy atom. The Labute approximate surface area is 140 Å². The zero-order chi connectivity index (χ0) is 16.8. The Morgan fingerprint density at radius 3 is 2.71 bits per heavy atom. The summed E-state index contributed by atoms with van der Waals surface area (Å²) in [7, 11) is 1.37. The van der Waals surface area contributed by atoms with Crippen LogP contribution in [0.2, 0.25) is 0 Å². The molecule has 3 rings (SSSR count). The molecule has 1 aliphatic heterocycles. The van der Waals surface area contributed by atoms with Crippen LogP contribution in [-0.2, 0) is 16.0 Å². The fraction of sp³-hybridized carbons (Fsp3) is 0.353. The SMILES string of the molecule is COC(=O)c1ccc(CNc2ccnc(N3CCOCC3)n2)cc1. The first kappa shape index (κ1) is 16.2. The molecule has 7 nitrogen and oxygen atoms in total. The summed E-state index contributed by atoms with van der Waals surface area (Å²) in [6, 6.07) is 9.13. The van der Waals surface area contributed by atoms with Crippen LogP contribution in [0, 0.1) is 0 Å². The number of anilines is 2. The topological polar surface area (TPSA) is 76.6 Å². The summed E-state index contributed by atoms with van der Waals surface area (Å²) in [5.74, 6) is 1.15. The number of nitrogens with zero attached hydrogens (tertiary/aromatic N) is 3. The van der Waals surface area contributed by atoms with Crippen LogP contribution in [-0.4, -0.2) is 49.4 Å². The van der Waals surface area contributed by atoms with Crippen LogP contribution in [0.5, 0.6) is 0 Å². The number of aromatic nitrogens is 2. The number of hydrogen-bond donors (Lipinski definition) is 1. The van der Waals surface area contributed by atoms with E-state index in [0.29, 0.717) is 31.3 Å². The van der Waals surface area contributed by atoms with Gasteiger partial charge >= 0.3 is 5.97 Å². The predicted octanol–water partition coefficient (Wildman–Crippen LogP) is 1.71. The molecular formula is C17H20N4O3. The monoisotopic (exact) mass is 328 g/mol. The molecule has 0 amide bonds. The molecule has 1 aromatic heterocycles. The number of carbonyl (C=O) groups is 1. The predicted molar refractivity (Wildman–Crippen MR) is 90.2 cm³/mol. The first-order chi connectivity index (χ1) is 11.8. The summed E-state index contributed by atoms with van der Waals surface area (Å²) in [5.41, 5.74) is 1.59. The van der Waals surface area contributed by atoms with Crippen LogP contribution >= 0.6 is 0 Å². The molecule has 0 bridgehead atoms. The molecular weight excluding hydrogens is 308 g/mol. The van der Waals surface area contributed by atoms with Crippen LogP contribution in [0.15, 0.2) is 36.5 Å². The Hall–Kier alpha value is -2.67. The van der Waals surface area contributed by atoms with Gasteiger partial charge in [-0.05, 0) is 23.8 Å². The first-order valence-corrected chi connectivity index (χ1v) is 7.83. The summed E-state index contributed by atoms with van der Waals surface area (Å²) in [6.07, 6.45) is 1.75. The van der Waals surface area contributed by atoms with E-state index in [-0.39, 0.29) is 5.97 Å². The Morgan fingerprint density at radius 2 is 2.00 bits per heavy atom. The summed E-state index contributed by atoms with van der Waals surface area (Å²) in [5, 5.41) is 3.28. The third-order valence-electron chi connectivity index (χ3n) is 3.79. The van der Waals surface area contributed by atoms with E-state index in [0.717, 1.165) is 24.5 Å². The van der Waals surface area contributed by atoms with E-state index in [4.69, 9.17) is 9.47 Å². The average molecular weight is 328 g/mol. The van der Waals surface area contributed by atoms with Gasteiger partial charge in [0.05, 0.1) is 25.9 Å². The van der Waals surface area contributed by atoms with Gasteiger partial charge in [0.2, 0.25) is 5.95 Å². The minimum absolute atomic E-state index is 0.333. The highest BCUT2D eigenvalue weighted by Crippen LogP contribution is 2.14.